The standard InChI is InChI=1S/C24H27FN2O3/c25-21-9-5-4-8-19(21)16-27-14-15-30-22-12-13-26(17-20(22)24(27)29)23(28)11-10-18-6-2-1-3-7-18/h1-9,20,22H,10-17H2. The largest absolute Gasteiger partial charge is 0.375 e. The molecule has 0 aromatic heterocycles. The summed E-state index contributed by atoms with van der Waals surface area (Å²) < 4.78 is 20.0. The van der Waals surface area contributed by atoms with Gasteiger partial charge in [-0.15, -0.1) is 0 Å². The van der Waals surface area contributed by atoms with Crippen LogP contribution in [0.1, 0.15) is 24.0 Å². The van der Waals surface area contributed by atoms with Crippen LogP contribution in [0.2, 0.25) is 0 Å². The number of piperidine rings is 1. The highest BCUT2D eigenvalue weighted by molar-refractivity contribution is 5.82. The van der Waals surface area contributed by atoms with E-state index in [1.807, 2.05) is 30.3 Å². The Morgan fingerprint density at radius 3 is 2.63 bits per heavy atom. The number of amides is 2. The molecule has 0 saturated carbocycles. The third-order valence-electron chi connectivity index (χ3n) is 6.01. The highest BCUT2D eigenvalue weighted by Crippen LogP contribution is 2.26. The minimum absolute atomic E-state index is 0.0543. The monoisotopic (exact) mass is 410 g/mol. The molecular formula is C24H27FN2O3. The van der Waals surface area contributed by atoms with Crippen LogP contribution in [0.25, 0.3) is 0 Å². The first-order valence-corrected chi connectivity index (χ1v) is 10.6. The quantitative estimate of drug-likeness (QED) is 0.761. The van der Waals surface area contributed by atoms with Crippen molar-refractivity contribution in [2.24, 2.45) is 5.92 Å². The Bertz CT molecular complexity index is 889. The molecule has 2 saturated heterocycles. The van der Waals surface area contributed by atoms with Crippen molar-refractivity contribution in [1.29, 1.82) is 0 Å². The molecule has 2 unspecified atom stereocenters. The molecule has 0 aliphatic carbocycles. The van der Waals surface area contributed by atoms with Gasteiger partial charge in [0.05, 0.1) is 18.6 Å². The van der Waals surface area contributed by atoms with Crippen molar-refractivity contribution in [3.8, 4) is 0 Å². The third-order valence-corrected chi connectivity index (χ3v) is 6.01. The zero-order chi connectivity index (χ0) is 20.9. The predicted octanol–water partition coefficient (Wildman–Crippen LogP) is 3.03. The number of ether oxygens (including phenoxy) is 1. The first-order chi connectivity index (χ1) is 14.6. The molecule has 158 valence electrons. The SMILES string of the molecule is O=C(CCc1ccccc1)N1CCC2OCCN(Cc3ccccc3F)C(=O)C2C1. The van der Waals surface area contributed by atoms with Gasteiger partial charge in [-0.25, -0.2) is 4.39 Å². The fourth-order valence-corrected chi connectivity index (χ4v) is 4.30. The Kier molecular flexibility index (Phi) is 6.43. The summed E-state index contributed by atoms with van der Waals surface area (Å²) in [4.78, 5) is 29.5. The van der Waals surface area contributed by atoms with Gasteiger partial charge >= 0.3 is 0 Å². The van der Waals surface area contributed by atoms with E-state index >= 15 is 0 Å². The van der Waals surface area contributed by atoms with Crippen molar-refractivity contribution in [3.63, 3.8) is 0 Å². The maximum Gasteiger partial charge on any atom is 0.230 e. The van der Waals surface area contributed by atoms with Gasteiger partial charge in [0.1, 0.15) is 5.82 Å². The number of hydrogen-bond donors (Lipinski definition) is 0. The van der Waals surface area contributed by atoms with Gasteiger partial charge in [-0.05, 0) is 24.5 Å². The molecule has 2 aromatic rings. The Labute approximate surface area is 176 Å². The van der Waals surface area contributed by atoms with Gasteiger partial charge in [-0.3, -0.25) is 9.59 Å². The second kappa shape index (κ2) is 9.39. The van der Waals surface area contributed by atoms with Crippen LogP contribution in [0.4, 0.5) is 4.39 Å². The number of halogens is 1. The highest BCUT2D eigenvalue weighted by Gasteiger charge is 2.40. The minimum Gasteiger partial charge on any atom is -0.375 e. The number of fused-ring (bicyclic) bond motifs is 1. The molecule has 2 atom stereocenters. The molecular weight excluding hydrogens is 383 g/mol. The van der Waals surface area contributed by atoms with E-state index in [0.29, 0.717) is 51.1 Å². The van der Waals surface area contributed by atoms with Gasteiger partial charge in [-0.1, -0.05) is 48.5 Å². The van der Waals surface area contributed by atoms with Crippen LogP contribution in [0.15, 0.2) is 54.6 Å². The number of benzene rings is 2. The predicted molar refractivity (Wildman–Crippen MR) is 111 cm³/mol. The molecule has 4 rings (SSSR count). The van der Waals surface area contributed by atoms with E-state index in [2.05, 4.69) is 0 Å². The van der Waals surface area contributed by atoms with E-state index in [-0.39, 0.29) is 30.3 Å². The van der Waals surface area contributed by atoms with Crippen LogP contribution in [0, 0.1) is 11.7 Å². The lowest BCUT2D eigenvalue weighted by Crippen LogP contribution is -2.51. The van der Waals surface area contributed by atoms with Crippen LogP contribution in [-0.4, -0.2) is 54.0 Å². The molecule has 2 amide bonds. The van der Waals surface area contributed by atoms with Crippen molar-refractivity contribution >= 4 is 11.8 Å². The molecule has 2 aromatic carbocycles. The van der Waals surface area contributed by atoms with Gasteiger partial charge in [0.15, 0.2) is 0 Å². The summed E-state index contributed by atoms with van der Waals surface area (Å²) in [6.45, 7) is 2.06. The van der Waals surface area contributed by atoms with E-state index in [4.69, 9.17) is 4.74 Å². The van der Waals surface area contributed by atoms with Crippen molar-refractivity contribution < 1.29 is 18.7 Å². The molecule has 5 nitrogen and oxygen atoms in total. The van der Waals surface area contributed by atoms with Crippen LogP contribution in [-0.2, 0) is 27.3 Å². The molecule has 0 bridgehead atoms. The van der Waals surface area contributed by atoms with Crippen LogP contribution in [0.3, 0.4) is 0 Å². The molecule has 2 aliphatic rings. The number of aryl methyl sites for hydroxylation is 1. The lowest BCUT2D eigenvalue weighted by Gasteiger charge is -2.37. The van der Waals surface area contributed by atoms with Gasteiger partial charge < -0.3 is 14.5 Å². The maximum atomic E-state index is 14.1. The van der Waals surface area contributed by atoms with Crippen LogP contribution >= 0.6 is 0 Å². The van der Waals surface area contributed by atoms with Crippen LogP contribution < -0.4 is 0 Å². The number of carbonyl (C=O) groups is 2. The zero-order valence-corrected chi connectivity index (χ0v) is 17.0. The van der Waals surface area contributed by atoms with Gasteiger partial charge in [-0.2, -0.15) is 0 Å². The topological polar surface area (TPSA) is 49.9 Å². The number of nitrogens with zero attached hydrogens (tertiary/aromatic N) is 2. The van der Waals surface area contributed by atoms with E-state index in [9.17, 15) is 14.0 Å². The molecule has 2 heterocycles. The molecule has 0 radical (unpaired) electrons. The first kappa shape index (κ1) is 20.5. The average molecular weight is 410 g/mol. The number of likely N-dealkylation sites (tertiary alicyclic amines) is 1. The van der Waals surface area contributed by atoms with Crippen molar-refractivity contribution in [2.45, 2.75) is 31.9 Å². The minimum atomic E-state index is -0.395. The molecule has 0 N–H and O–H groups in total. The first-order valence-electron chi connectivity index (χ1n) is 10.6. The Morgan fingerprint density at radius 1 is 1.07 bits per heavy atom. The molecule has 6 heteroatoms. The summed E-state index contributed by atoms with van der Waals surface area (Å²) in [5, 5.41) is 0. The number of carbonyl (C=O) groups excluding carboxylic acids is 2. The highest BCUT2D eigenvalue weighted by atomic mass is 19.1. The Balaban J connectivity index is 1.40. The summed E-state index contributed by atoms with van der Waals surface area (Å²) >= 11 is 0. The number of rotatable bonds is 5. The summed E-state index contributed by atoms with van der Waals surface area (Å²) in [5.41, 5.74) is 1.63. The number of hydrogen-bond acceptors (Lipinski definition) is 3. The van der Waals surface area contributed by atoms with E-state index < -0.39 is 5.92 Å². The summed E-state index contributed by atoms with van der Waals surface area (Å²) in [6, 6.07) is 16.5. The molecule has 2 fully saturated rings. The summed E-state index contributed by atoms with van der Waals surface area (Å²) in [6.07, 6.45) is 1.59. The maximum absolute atomic E-state index is 14.1. The lowest BCUT2D eigenvalue weighted by atomic mass is 9.92. The second-order valence-corrected chi connectivity index (χ2v) is 7.98. The van der Waals surface area contributed by atoms with Crippen molar-refractivity contribution in [2.75, 3.05) is 26.2 Å². The van der Waals surface area contributed by atoms with Crippen molar-refractivity contribution in [1.82, 2.24) is 9.80 Å². The Morgan fingerprint density at radius 2 is 1.83 bits per heavy atom. The fourth-order valence-electron chi connectivity index (χ4n) is 4.30. The average Bonchev–Trinajstić information content (AvgIpc) is 2.93. The second-order valence-electron chi connectivity index (χ2n) is 7.98. The molecule has 30 heavy (non-hydrogen) atoms. The van der Waals surface area contributed by atoms with E-state index in [0.717, 1.165) is 5.56 Å². The van der Waals surface area contributed by atoms with Gasteiger partial charge in [0, 0.05) is 38.2 Å². The van der Waals surface area contributed by atoms with E-state index in [1.54, 1.807) is 28.0 Å². The zero-order valence-electron chi connectivity index (χ0n) is 17.0. The molecule has 2 aliphatic heterocycles. The normalized spacial score (nSPS) is 21.8. The smallest absolute Gasteiger partial charge is 0.230 e. The summed E-state index contributed by atoms with van der Waals surface area (Å²) in [7, 11) is 0. The van der Waals surface area contributed by atoms with Gasteiger partial charge in [0.2, 0.25) is 11.8 Å². The summed E-state index contributed by atoms with van der Waals surface area (Å²) in [5.74, 6) is -0.696. The fraction of sp³-hybridized carbons (Fsp3) is 0.417. The van der Waals surface area contributed by atoms with Crippen LogP contribution in [0.5, 0.6) is 0 Å². The van der Waals surface area contributed by atoms with Crippen molar-refractivity contribution in [3.05, 3.63) is 71.5 Å². The Hall–Kier alpha value is -2.73. The van der Waals surface area contributed by atoms with E-state index in [1.165, 1.54) is 6.07 Å². The third kappa shape index (κ3) is 4.70. The van der Waals surface area contributed by atoms with Gasteiger partial charge in [0.25, 0.3) is 0 Å². The molecule has 0 spiro atoms. The lowest BCUT2D eigenvalue weighted by molar-refractivity contribution is -0.144.